The van der Waals surface area contributed by atoms with Crippen molar-refractivity contribution in [2.75, 3.05) is 18.0 Å². The molecule has 1 aliphatic heterocycles. The van der Waals surface area contributed by atoms with E-state index >= 15 is 0 Å². The molecule has 1 radical (unpaired) electrons. The van der Waals surface area contributed by atoms with Gasteiger partial charge in [-0.05, 0) is 37.5 Å². The number of hydrogen-bond donors (Lipinski definition) is 0. The quantitative estimate of drug-likeness (QED) is 0.638. The second-order valence-corrected chi connectivity index (χ2v) is 3.58. The van der Waals surface area contributed by atoms with Gasteiger partial charge in [-0.1, -0.05) is 6.07 Å². The number of halogens is 1. The maximum atomic E-state index is 12.9. The topological polar surface area (TPSA) is 3.24 Å². The van der Waals surface area contributed by atoms with Crippen molar-refractivity contribution in [2.24, 2.45) is 5.92 Å². The average molecular weight is 178 g/mol. The molecule has 1 aliphatic rings. The van der Waals surface area contributed by atoms with E-state index in [4.69, 9.17) is 0 Å². The molecule has 1 fully saturated rings. The smallest absolute Gasteiger partial charge is 0.125 e. The van der Waals surface area contributed by atoms with Gasteiger partial charge >= 0.3 is 0 Å². The van der Waals surface area contributed by atoms with E-state index in [0.717, 1.165) is 25.2 Å². The zero-order chi connectivity index (χ0) is 9.26. The highest BCUT2D eigenvalue weighted by Gasteiger charge is 2.18. The van der Waals surface area contributed by atoms with E-state index in [-0.39, 0.29) is 5.82 Å². The summed E-state index contributed by atoms with van der Waals surface area (Å²) in [7, 11) is 0. The minimum atomic E-state index is -0.162. The summed E-state index contributed by atoms with van der Waals surface area (Å²) in [5, 5.41) is 0. The van der Waals surface area contributed by atoms with Gasteiger partial charge in [0.2, 0.25) is 0 Å². The Morgan fingerprint density at radius 3 is 2.92 bits per heavy atom. The summed E-state index contributed by atoms with van der Waals surface area (Å²) >= 11 is 0. The molecule has 0 N–H and O–H groups in total. The fourth-order valence-corrected chi connectivity index (χ4v) is 1.74. The Balaban J connectivity index is 2.16. The molecule has 0 saturated carbocycles. The summed E-state index contributed by atoms with van der Waals surface area (Å²) in [6.45, 7) is 5.95. The Morgan fingerprint density at radius 2 is 2.31 bits per heavy atom. The van der Waals surface area contributed by atoms with Crippen LogP contribution in [0.4, 0.5) is 10.1 Å². The summed E-state index contributed by atoms with van der Waals surface area (Å²) < 4.78 is 12.9. The molecule has 1 aromatic rings. The molecule has 13 heavy (non-hydrogen) atoms. The zero-order valence-corrected chi connectivity index (χ0v) is 7.54. The molecule has 0 amide bonds. The SMILES string of the molecule is [CH2][C@@H]1CCN(c2cccc(F)c2)C1. The predicted molar refractivity (Wildman–Crippen MR) is 52.1 cm³/mol. The third-order valence-electron chi connectivity index (χ3n) is 2.46. The van der Waals surface area contributed by atoms with E-state index in [2.05, 4.69) is 11.8 Å². The molecule has 0 spiro atoms. The molecule has 69 valence electrons. The lowest BCUT2D eigenvalue weighted by Gasteiger charge is -2.17. The van der Waals surface area contributed by atoms with Crippen molar-refractivity contribution in [1.29, 1.82) is 0 Å². The maximum absolute atomic E-state index is 12.9. The second kappa shape index (κ2) is 3.36. The molecule has 1 heterocycles. The molecule has 0 aromatic heterocycles. The standard InChI is InChI=1S/C11H13FN/c1-9-5-6-13(8-9)11-4-2-3-10(12)7-11/h2-4,7,9H,1,5-6,8H2/t9-/m1/s1. The van der Waals surface area contributed by atoms with E-state index in [9.17, 15) is 4.39 Å². The monoisotopic (exact) mass is 178 g/mol. The van der Waals surface area contributed by atoms with Crippen molar-refractivity contribution in [3.05, 3.63) is 37.0 Å². The number of hydrogen-bond acceptors (Lipinski definition) is 1. The maximum Gasteiger partial charge on any atom is 0.125 e. The third-order valence-corrected chi connectivity index (χ3v) is 2.46. The number of nitrogens with zero attached hydrogens (tertiary/aromatic N) is 1. The second-order valence-electron chi connectivity index (χ2n) is 3.58. The van der Waals surface area contributed by atoms with Crippen LogP contribution in [-0.4, -0.2) is 13.1 Å². The molecule has 2 rings (SSSR count). The third kappa shape index (κ3) is 1.82. The minimum Gasteiger partial charge on any atom is -0.371 e. The first-order chi connectivity index (χ1) is 6.25. The molecule has 0 bridgehead atoms. The van der Waals surface area contributed by atoms with E-state index in [0.29, 0.717) is 5.92 Å². The highest BCUT2D eigenvalue weighted by molar-refractivity contribution is 5.47. The van der Waals surface area contributed by atoms with Gasteiger partial charge < -0.3 is 4.90 Å². The fraction of sp³-hybridized carbons (Fsp3) is 0.364. The first kappa shape index (κ1) is 8.54. The van der Waals surface area contributed by atoms with Crippen LogP contribution >= 0.6 is 0 Å². The largest absolute Gasteiger partial charge is 0.371 e. The van der Waals surface area contributed by atoms with Crippen LogP contribution in [-0.2, 0) is 0 Å². The first-order valence-electron chi connectivity index (χ1n) is 4.59. The van der Waals surface area contributed by atoms with Gasteiger partial charge in [0.15, 0.2) is 0 Å². The molecule has 2 heteroatoms. The Kier molecular flexibility index (Phi) is 2.21. The molecule has 1 saturated heterocycles. The van der Waals surface area contributed by atoms with Gasteiger partial charge in [-0.3, -0.25) is 0 Å². The van der Waals surface area contributed by atoms with E-state index in [1.807, 2.05) is 6.07 Å². The molecule has 1 aromatic carbocycles. The van der Waals surface area contributed by atoms with Gasteiger partial charge in [0.05, 0.1) is 0 Å². The Morgan fingerprint density at radius 1 is 1.46 bits per heavy atom. The number of anilines is 1. The fourth-order valence-electron chi connectivity index (χ4n) is 1.74. The Labute approximate surface area is 78.2 Å². The average Bonchev–Trinajstić information content (AvgIpc) is 2.52. The van der Waals surface area contributed by atoms with Crippen LogP contribution in [0.3, 0.4) is 0 Å². The van der Waals surface area contributed by atoms with Crippen LogP contribution in [0.2, 0.25) is 0 Å². The van der Waals surface area contributed by atoms with E-state index in [1.54, 1.807) is 12.1 Å². The molecule has 1 atom stereocenters. The van der Waals surface area contributed by atoms with Crippen LogP contribution in [0, 0.1) is 18.7 Å². The first-order valence-corrected chi connectivity index (χ1v) is 4.59. The number of rotatable bonds is 1. The molecule has 0 aliphatic carbocycles. The Bertz CT molecular complexity index is 298. The van der Waals surface area contributed by atoms with Gasteiger partial charge in [-0.2, -0.15) is 0 Å². The highest BCUT2D eigenvalue weighted by atomic mass is 19.1. The predicted octanol–water partition coefficient (Wildman–Crippen LogP) is 2.49. The van der Waals surface area contributed by atoms with Crippen LogP contribution in [0.25, 0.3) is 0 Å². The van der Waals surface area contributed by atoms with Gasteiger partial charge in [0, 0.05) is 18.8 Å². The summed E-state index contributed by atoms with van der Waals surface area (Å²) in [6, 6.07) is 6.75. The molecule has 1 nitrogen and oxygen atoms in total. The normalized spacial score (nSPS) is 22.3. The van der Waals surface area contributed by atoms with Crippen LogP contribution in [0.5, 0.6) is 0 Å². The van der Waals surface area contributed by atoms with Gasteiger partial charge in [0.25, 0.3) is 0 Å². The molecular weight excluding hydrogens is 165 g/mol. The Hall–Kier alpha value is -1.05. The van der Waals surface area contributed by atoms with Crippen molar-refractivity contribution in [2.45, 2.75) is 6.42 Å². The summed E-state index contributed by atoms with van der Waals surface area (Å²) in [5.41, 5.74) is 0.978. The lowest BCUT2D eigenvalue weighted by molar-refractivity contribution is 0.627. The van der Waals surface area contributed by atoms with E-state index < -0.39 is 0 Å². The zero-order valence-electron chi connectivity index (χ0n) is 7.54. The van der Waals surface area contributed by atoms with Crippen molar-refractivity contribution >= 4 is 5.69 Å². The van der Waals surface area contributed by atoms with Gasteiger partial charge in [-0.15, -0.1) is 0 Å². The van der Waals surface area contributed by atoms with E-state index in [1.165, 1.54) is 6.07 Å². The molecule has 0 unspecified atom stereocenters. The highest BCUT2D eigenvalue weighted by Crippen LogP contribution is 2.23. The minimum absolute atomic E-state index is 0.162. The summed E-state index contributed by atoms with van der Waals surface area (Å²) in [5.74, 6) is 0.327. The van der Waals surface area contributed by atoms with Crippen molar-refractivity contribution < 1.29 is 4.39 Å². The van der Waals surface area contributed by atoms with Crippen LogP contribution < -0.4 is 4.90 Å². The van der Waals surface area contributed by atoms with Gasteiger partial charge in [-0.25, -0.2) is 4.39 Å². The lowest BCUT2D eigenvalue weighted by Crippen LogP contribution is -2.18. The lowest BCUT2D eigenvalue weighted by atomic mass is 10.2. The van der Waals surface area contributed by atoms with Crippen LogP contribution in [0.1, 0.15) is 6.42 Å². The van der Waals surface area contributed by atoms with Crippen molar-refractivity contribution in [1.82, 2.24) is 0 Å². The molecular formula is C11H13FN. The van der Waals surface area contributed by atoms with Gasteiger partial charge in [0.1, 0.15) is 5.82 Å². The van der Waals surface area contributed by atoms with Crippen molar-refractivity contribution in [3.63, 3.8) is 0 Å². The summed E-state index contributed by atoms with van der Waals surface area (Å²) in [6.07, 6.45) is 1.11. The van der Waals surface area contributed by atoms with Crippen molar-refractivity contribution in [3.8, 4) is 0 Å². The summed E-state index contributed by atoms with van der Waals surface area (Å²) in [4.78, 5) is 2.18. The number of benzene rings is 1. The van der Waals surface area contributed by atoms with Crippen LogP contribution in [0.15, 0.2) is 24.3 Å².